The molecule has 0 aliphatic carbocycles. The second-order valence-corrected chi connectivity index (χ2v) is 4.79. The van der Waals surface area contributed by atoms with Gasteiger partial charge >= 0.3 is 7.12 Å². The Labute approximate surface area is 123 Å². The minimum absolute atomic E-state index is 0.250. The standard InChI is InChI=1S/C17H14BNO2/c20-18(21)17-11-10-16(12-19-17)15-8-6-14(7-9-15)13-4-2-1-3-5-13/h1-12,20-21H. The molecule has 102 valence electrons. The summed E-state index contributed by atoms with van der Waals surface area (Å²) in [5, 5.41) is 18.1. The molecule has 0 saturated carbocycles. The van der Waals surface area contributed by atoms with Crippen molar-refractivity contribution < 1.29 is 10.0 Å². The molecule has 3 nitrogen and oxygen atoms in total. The zero-order chi connectivity index (χ0) is 14.7. The molecule has 0 aliphatic heterocycles. The highest BCUT2D eigenvalue weighted by atomic mass is 16.4. The van der Waals surface area contributed by atoms with Crippen molar-refractivity contribution in [1.82, 2.24) is 4.98 Å². The third kappa shape index (κ3) is 3.02. The van der Waals surface area contributed by atoms with Crippen LogP contribution in [0, 0.1) is 0 Å². The maximum Gasteiger partial charge on any atom is 0.508 e. The third-order valence-electron chi connectivity index (χ3n) is 3.38. The molecule has 2 aromatic carbocycles. The van der Waals surface area contributed by atoms with Gasteiger partial charge < -0.3 is 10.0 Å². The van der Waals surface area contributed by atoms with E-state index in [0.29, 0.717) is 0 Å². The number of aromatic nitrogens is 1. The number of benzene rings is 2. The van der Waals surface area contributed by atoms with Crippen molar-refractivity contribution in [2.75, 3.05) is 0 Å². The molecule has 4 heteroatoms. The second-order valence-electron chi connectivity index (χ2n) is 4.79. The van der Waals surface area contributed by atoms with Crippen molar-refractivity contribution in [3.05, 3.63) is 72.9 Å². The molecule has 21 heavy (non-hydrogen) atoms. The fraction of sp³-hybridized carbons (Fsp3) is 0. The molecule has 0 unspecified atom stereocenters. The lowest BCUT2D eigenvalue weighted by atomic mass is 9.85. The van der Waals surface area contributed by atoms with Gasteiger partial charge in [0.2, 0.25) is 0 Å². The van der Waals surface area contributed by atoms with Crippen LogP contribution in [0.25, 0.3) is 22.3 Å². The van der Waals surface area contributed by atoms with E-state index in [9.17, 15) is 0 Å². The Morgan fingerprint density at radius 2 is 1.14 bits per heavy atom. The van der Waals surface area contributed by atoms with E-state index in [1.54, 1.807) is 12.3 Å². The maximum absolute atomic E-state index is 9.04. The fourth-order valence-electron chi connectivity index (χ4n) is 2.21. The Kier molecular flexibility index (Phi) is 3.82. The minimum Gasteiger partial charge on any atom is -0.422 e. The first-order valence-electron chi connectivity index (χ1n) is 6.72. The molecule has 1 heterocycles. The van der Waals surface area contributed by atoms with E-state index in [-0.39, 0.29) is 5.59 Å². The van der Waals surface area contributed by atoms with Crippen LogP contribution in [0.15, 0.2) is 72.9 Å². The van der Waals surface area contributed by atoms with Crippen LogP contribution >= 0.6 is 0 Å². The lowest BCUT2D eigenvalue weighted by Crippen LogP contribution is -2.32. The van der Waals surface area contributed by atoms with Gasteiger partial charge in [0, 0.05) is 6.20 Å². The van der Waals surface area contributed by atoms with Crippen molar-refractivity contribution in [1.29, 1.82) is 0 Å². The highest BCUT2D eigenvalue weighted by molar-refractivity contribution is 6.57. The predicted molar refractivity (Wildman–Crippen MR) is 84.9 cm³/mol. The van der Waals surface area contributed by atoms with Crippen LogP contribution in [0.2, 0.25) is 0 Å². The van der Waals surface area contributed by atoms with Crippen molar-refractivity contribution in [3.8, 4) is 22.3 Å². The predicted octanol–water partition coefficient (Wildman–Crippen LogP) is 2.10. The van der Waals surface area contributed by atoms with Crippen LogP contribution in [0.3, 0.4) is 0 Å². The summed E-state index contributed by atoms with van der Waals surface area (Å²) in [6, 6.07) is 21.9. The molecule has 3 rings (SSSR count). The number of nitrogens with zero attached hydrogens (tertiary/aromatic N) is 1. The SMILES string of the molecule is OB(O)c1ccc(-c2ccc(-c3ccccc3)cc2)cn1. The summed E-state index contributed by atoms with van der Waals surface area (Å²) in [6.45, 7) is 0. The van der Waals surface area contributed by atoms with E-state index in [1.165, 1.54) is 5.56 Å². The van der Waals surface area contributed by atoms with E-state index < -0.39 is 7.12 Å². The Bertz CT molecular complexity index is 710. The molecule has 0 fully saturated rings. The number of pyridine rings is 1. The van der Waals surface area contributed by atoms with Gasteiger partial charge in [0.15, 0.2) is 0 Å². The summed E-state index contributed by atoms with van der Waals surface area (Å²) in [4.78, 5) is 4.04. The molecule has 3 aromatic rings. The largest absolute Gasteiger partial charge is 0.508 e. The van der Waals surface area contributed by atoms with E-state index in [1.807, 2.05) is 36.4 Å². The minimum atomic E-state index is -1.53. The number of hydrogen-bond donors (Lipinski definition) is 2. The smallest absolute Gasteiger partial charge is 0.422 e. The fourth-order valence-corrected chi connectivity index (χ4v) is 2.21. The van der Waals surface area contributed by atoms with Gasteiger partial charge in [-0.05, 0) is 28.3 Å². The number of hydrogen-bond acceptors (Lipinski definition) is 3. The number of rotatable bonds is 3. The molecule has 0 bridgehead atoms. The van der Waals surface area contributed by atoms with Gasteiger partial charge in [-0.15, -0.1) is 0 Å². The molecule has 0 saturated heterocycles. The molecule has 0 radical (unpaired) electrons. The van der Waals surface area contributed by atoms with Crippen molar-refractivity contribution >= 4 is 12.7 Å². The summed E-state index contributed by atoms with van der Waals surface area (Å²) in [7, 11) is -1.53. The molecule has 2 N–H and O–H groups in total. The van der Waals surface area contributed by atoms with Gasteiger partial charge in [-0.2, -0.15) is 0 Å². The monoisotopic (exact) mass is 275 g/mol. The lowest BCUT2D eigenvalue weighted by Gasteiger charge is -2.05. The molecular weight excluding hydrogens is 261 g/mol. The summed E-state index contributed by atoms with van der Waals surface area (Å²) in [5.41, 5.74) is 4.58. The van der Waals surface area contributed by atoms with Gasteiger partial charge in [-0.25, -0.2) is 0 Å². The molecular formula is C17H14BNO2. The van der Waals surface area contributed by atoms with Crippen molar-refractivity contribution in [2.24, 2.45) is 0 Å². The Morgan fingerprint density at radius 1 is 0.619 bits per heavy atom. The average Bonchev–Trinajstić information content (AvgIpc) is 2.56. The quantitative estimate of drug-likeness (QED) is 0.720. The van der Waals surface area contributed by atoms with Gasteiger partial charge in [0.05, 0.1) is 5.59 Å². The molecule has 0 aliphatic rings. The molecule has 0 spiro atoms. The van der Waals surface area contributed by atoms with E-state index >= 15 is 0 Å². The topological polar surface area (TPSA) is 53.4 Å². The zero-order valence-electron chi connectivity index (χ0n) is 11.3. The van der Waals surface area contributed by atoms with E-state index in [2.05, 4.69) is 29.2 Å². The Morgan fingerprint density at radius 3 is 1.67 bits per heavy atom. The lowest BCUT2D eigenvalue weighted by molar-refractivity contribution is 0.424. The summed E-state index contributed by atoms with van der Waals surface area (Å²) in [5.74, 6) is 0. The molecule has 0 atom stereocenters. The summed E-state index contributed by atoms with van der Waals surface area (Å²) in [6.07, 6.45) is 1.65. The highest BCUT2D eigenvalue weighted by Crippen LogP contribution is 2.23. The first-order valence-corrected chi connectivity index (χ1v) is 6.72. The maximum atomic E-state index is 9.04. The van der Waals surface area contributed by atoms with Crippen molar-refractivity contribution in [2.45, 2.75) is 0 Å². The first kappa shape index (κ1) is 13.6. The second kappa shape index (κ2) is 5.91. The van der Waals surface area contributed by atoms with E-state index in [0.717, 1.165) is 16.7 Å². The first-order chi connectivity index (χ1) is 10.2. The van der Waals surface area contributed by atoms with Gasteiger partial charge in [0.1, 0.15) is 0 Å². The third-order valence-corrected chi connectivity index (χ3v) is 3.38. The van der Waals surface area contributed by atoms with Gasteiger partial charge in [-0.3, -0.25) is 4.98 Å². The summed E-state index contributed by atoms with van der Waals surface area (Å²) >= 11 is 0. The van der Waals surface area contributed by atoms with Crippen LogP contribution in [0.1, 0.15) is 0 Å². The highest BCUT2D eigenvalue weighted by Gasteiger charge is 2.12. The summed E-state index contributed by atoms with van der Waals surface area (Å²) < 4.78 is 0. The van der Waals surface area contributed by atoms with Gasteiger partial charge in [-0.1, -0.05) is 60.7 Å². The van der Waals surface area contributed by atoms with Crippen LogP contribution in [0.5, 0.6) is 0 Å². The molecule has 1 aromatic heterocycles. The van der Waals surface area contributed by atoms with Crippen LogP contribution in [-0.4, -0.2) is 22.2 Å². The Hall–Kier alpha value is -2.43. The Balaban J connectivity index is 1.87. The zero-order valence-corrected chi connectivity index (χ0v) is 11.3. The van der Waals surface area contributed by atoms with Crippen LogP contribution in [-0.2, 0) is 0 Å². The molecule has 0 amide bonds. The van der Waals surface area contributed by atoms with Crippen LogP contribution in [0.4, 0.5) is 0 Å². The van der Waals surface area contributed by atoms with Crippen molar-refractivity contribution in [3.63, 3.8) is 0 Å². The normalized spacial score (nSPS) is 10.4. The van der Waals surface area contributed by atoms with E-state index in [4.69, 9.17) is 10.0 Å². The average molecular weight is 275 g/mol. The van der Waals surface area contributed by atoms with Crippen LogP contribution < -0.4 is 5.59 Å². The van der Waals surface area contributed by atoms with Gasteiger partial charge in [0.25, 0.3) is 0 Å².